The predicted molar refractivity (Wildman–Crippen MR) is 48.3 cm³/mol. The molecule has 0 fully saturated rings. The maximum Gasteiger partial charge on any atom is 0.225 e. The molecule has 2 heterocycles. The number of nitrogens with one attached hydrogen (secondary N) is 1. The molecule has 78 valence electrons. The summed E-state index contributed by atoms with van der Waals surface area (Å²) >= 11 is 0. The summed E-state index contributed by atoms with van der Waals surface area (Å²) in [4.78, 5) is 0. The molecule has 8 heteroatoms. The number of hydrogen-bond acceptors (Lipinski definition) is 5. The van der Waals surface area contributed by atoms with Crippen LogP contribution in [0.2, 0.25) is 0 Å². The molecular weight excluding hydrogens is 206 g/mol. The summed E-state index contributed by atoms with van der Waals surface area (Å²) < 4.78 is 25.4. The fourth-order valence-corrected chi connectivity index (χ4v) is 1.92. The second-order valence-electron chi connectivity index (χ2n) is 3.18. The van der Waals surface area contributed by atoms with Crippen LogP contribution in [0, 0.1) is 6.92 Å². The van der Waals surface area contributed by atoms with E-state index in [1.54, 1.807) is 11.5 Å². The Kier molecular flexibility index (Phi) is 2.05. The molecule has 0 unspecified atom stereocenters. The van der Waals surface area contributed by atoms with E-state index in [0.29, 0.717) is 6.54 Å². The molecule has 1 aliphatic heterocycles. The third kappa shape index (κ3) is 1.51. The van der Waals surface area contributed by atoms with Crippen molar-refractivity contribution in [2.24, 2.45) is 0 Å². The van der Waals surface area contributed by atoms with Crippen LogP contribution in [0.25, 0.3) is 0 Å². The van der Waals surface area contributed by atoms with Gasteiger partial charge in [0.15, 0.2) is 0 Å². The lowest BCUT2D eigenvalue weighted by atomic mass is 10.5. The summed E-state index contributed by atoms with van der Waals surface area (Å²) in [6.07, 6.45) is 1.16. The van der Waals surface area contributed by atoms with Gasteiger partial charge in [-0.1, -0.05) is 0 Å². The van der Waals surface area contributed by atoms with E-state index >= 15 is 0 Å². The minimum Gasteiger partial charge on any atom is -0.298 e. The summed E-state index contributed by atoms with van der Waals surface area (Å²) in [7, 11) is -3.22. The zero-order valence-corrected chi connectivity index (χ0v) is 8.74. The molecule has 1 N–H and O–H groups in total. The lowest BCUT2D eigenvalue weighted by Gasteiger charge is -2.26. The summed E-state index contributed by atoms with van der Waals surface area (Å²) in [5, 5.41) is 7.77. The van der Waals surface area contributed by atoms with Crippen LogP contribution in [0.15, 0.2) is 0 Å². The molecule has 0 aromatic carbocycles. The zero-order chi connectivity index (χ0) is 10.3. The first kappa shape index (κ1) is 9.56. The van der Waals surface area contributed by atoms with Gasteiger partial charge in [-0.25, -0.2) is 13.8 Å². The first-order chi connectivity index (χ1) is 6.48. The zero-order valence-electron chi connectivity index (χ0n) is 7.93. The smallest absolute Gasteiger partial charge is 0.225 e. The highest BCUT2D eigenvalue weighted by Crippen LogP contribution is 2.09. The van der Waals surface area contributed by atoms with Crippen molar-refractivity contribution in [3.05, 3.63) is 11.6 Å². The minimum absolute atomic E-state index is 0.229. The number of aryl methyl sites for hydroxylation is 1. The first-order valence-corrected chi connectivity index (χ1v) is 5.93. The Morgan fingerprint density at radius 3 is 2.79 bits per heavy atom. The average molecular weight is 217 g/mol. The van der Waals surface area contributed by atoms with Crippen molar-refractivity contribution in [1.29, 1.82) is 0 Å². The van der Waals surface area contributed by atoms with Crippen LogP contribution in [0.4, 0.5) is 0 Å². The number of hydrazine groups is 1. The van der Waals surface area contributed by atoms with Crippen LogP contribution in [0.3, 0.4) is 0 Å². The van der Waals surface area contributed by atoms with Crippen molar-refractivity contribution >= 4 is 10.0 Å². The number of rotatable bonds is 1. The Balaban J connectivity index is 2.33. The Morgan fingerprint density at radius 1 is 1.43 bits per heavy atom. The monoisotopic (exact) mass is 217 g/mol. The highest BCUT2D eigenvalue weighted by Gasteiger charge is 2.24. The van der Waals surface area contributed by atoms with Gasteiger partial charge in [0.25, 0.3) is 0 Å². The molecule has 0 radical (unpaired) electrons. The molecule has 0 atom stereocenters. The number of sulfonamides is 1. The second-order valence-corrected chi connectivity index (χ2v) is 5.09. The van der Waals surface area contributed by atoms with Crippen LogP contribution in [0.1, 0.15) is 11.6 Å². The van der Waals surface area contributed by atoms with Gasteiger partial charge >= 0.3 is 0 Å². The van der Waals surface area contributed by atoms with E-state index in [2.05, 4.69) is 15.6 Å². The van der Waals surface area contributed by atoms with Gasteiger partial charge in [-0.15, -0.1) is 14.6 Å². The molecule has 0 saturated heterocycles. The number of aromatic nitrogens is 3. The summed E-state index contributed by atoms with van der Waals surface area (Å²) in [5.74, 6) is 1.47. The minimum atomic E-state index is -3.22. The molecule has 14 heavy (non-hydrogen) atoms. The first-order valence-electron chi connectivity index (χ1n) is 4.08. The van der Waals surface area contributed by atoms with Crippen LogP contribution >= 0.6 is 0 Å². The van der Waals surface area contributed by atoms with E-state index < -0.39 is 10.0 Å². The SMILES string of the molecule is Cc1nnc2n1CN(S(C)(=O)=O)NC2. The second kappa shape index (κ2) is 3.01. The van der Waals surface area contributed by atoms with Gasteiger partial charge in [0.1, 0.15) is 18.3 Å². The lowest BCUT2D eigenvalue weighted by Crippen LogP contribution is -2.47. The molecule has 2 rings (SSSR count). The summed E-state index contributed by atoms with van der Waals surface area (Å²) in [6, 6.07) is 0. The van der Waals surface area contributed by atoms with Gasteiger partial charge in [-0.2, -0.15) is 0 Å². The van der Waals surface area contributed by atoms with Gasteiger partial charge in [-0.05, 0) is 6.92 Å². The van der Waals surface area contributed by atoms with Gasteiger partial charge < -0.3 is 0 Å². The van der Waals surface area contributed by atoms with Crippen molar-refractivity contribution in [2.75, 3.05) is 6.26 Å². The Hall–Kier alpha value is -0.990. The third-order valence-corrected chi connectivity index (χ3v) is 3.14. The number of fused-ring (bicyclic) bond motifs is 1. The topological polar surface area (TPSA) is 80.1 Å². The van der Waals surface area contributed by atoms with E-state index in [4.69, 9.17) is 0 Å². The van der Waals surface area contributed by atoms with Gasteiger partial charge in [0.05, 0.1) is 12.8 Å². The van der Waals surface area contributed by atoms with Crippen molar-refractivity contribution < 1.29 is 8.42 Å². The standard InChI is InChI=1S/C6H11N5O2S/c1-5-8-9-6-3-7-11(4-10(5)6)14(2,12)13/h7H,3-4H2,1-2H3. The predicted octanol–water partition coefficient (Wildman–Crippen LogP) is -1.18. The maximum atomic E-state index is 11.2. The van der Waals surface area contributed by atoms with Crippen molar-refractivity contribution in [2.45, 2.75) is 20.1 Å². The fraction of sp³-hybridized carbons (Fsp3) is 0.667. The van der Waals surface area contributed by atoms with Crippen molar-refractivity contribution in [3.8, 4) is 0 Å². The largest absolute Gasteiger partial charge is 0.298 e. The molecule has 0 saturated carbocycles. The Labute approximate surface area is 81.8 Å². The van der Waals surface area contributed by atoms with Crippen LogP contribution in [0.5, 0.6) is 0 Å². The molecule has 1 aliphatic rings. The highest BCUT2D eigenvalue weighted by atomic mass is 32.2. The number of hydrogen-bond donors (Lipinski definition) is 1. The fourth-order valence-electron chi connectivity index (χ4n) is 1.30. The van der Waals surface area contributed by atoms with E-state index in [-0.39, 0.29) is 6.67 Å². The molecule has 1 aromatic rings. The van der Waals surface area contributed by atoms with Crippen LogP contribution in [-0.4, -0.2) is 33.9 Å². The Bertz CT molecular complexity index is 451. The molecular formula is C6H11N5O2S. The van der Waals surface area contributed by atoms with Crippen molar-refractivity contribution in [1.82, 2.24) is 24.6 Å². The van der Waals surface area contributed by atoms with Gasteiger partial charge in [-0.3, -0.25) is 4.57 Å². The van der Waals surface area contributed by atoms with Gasteiger partial charge in [0.2, 0.25) is 10.0 Å². The van der Waals surface area contributed by atoms with Crippen molar-refractivity contribution in [3.63, 3.8) is 0 Å². The van der Waals surface area contributed by atoms with Gasteiger partial charge in [0, 0.05) is 0 Å². The quantitative estimate of drug-likeness (QED) is 0.640. The molecule has 1 aromatic heterocycles. The average Bonchev–Trinajstić information content (AvgIpc) is 2.46. The molecule has 0 spiro atoms. The summed E-state index contributed by atoms with van der Waals surface area (Å²) in [5.41, 5.74) is 2.75. The van der Waals surface area contributed by atoms with E-state index in [0.717, 1.165) is 17.9 Å². The van der Waals surface area contributed by atoms with Crippen LogP contribution < -0.4 is 5.43 Å². The van der Waals surface area contributed by atoms with E-state index in [1.807, 2.05) is 0 Å². The summed E-state index contributed by atoms with van der Waals surface area (Å²) in [6.45, 7) is 2.41. The number of nitrogens with zero attached hydrogens (tertiary/aromatic N) is 4. The van der Waals surface area contributed by atoms with E-state index in [9.17, 15) is 8.42 Å². The Morgan fingerprint density at radius 2 is 2.14 bits per heavy atom. The van der Waals surface area contributed by atoms with E-state index in [1.165, 1.54) is 4.41 Å². The molecule has 0 aliphatic carbocycles. The maximum absolute atomic E-state index is 11.2. The lowest BCUT2D eigenvalue weighted by molar-refractivity contribution is 0.219. The molecule has 0 bridgehead atoms. The highest BCUT2D eigenvalue weighted by molar-refractivity contribution is 7.88. The third-order valence-electron chi connectivity index (χ3n) is 2.10. The van der Waals surface area contributed by atoms with Crippen LogP contribution in [-0.2, 0) is 23.2 Å². The molecule has 0 amide bonds. The normalized spacial score (nSPS) is 18.1. The molecule has 7 nitrogen and oxygen atoms in total.